The maximum Gasteiger partial charge on any atom is 0.274 e. The Labute approximate surface area is 128 Å². The van der Waals surface area contributed by atoms with E-state index in [1.807, 2.05) is 0 Å². The summed E-state index contributed by atoms with van der Waals surface area (Å²) in [5, 5.41) is 10.7. The standard InChI is InChI=1S/C13H17N5O3S/c1-17-7-5-9(16-17)13(19)18-6-3-4-10(18)12-11(8-14-15-12)22(2,20)21/h5,7-8,10H,3-4,6H2,1-2H3,(H,14,15). The molecule has 3 heterocycles. The molecule has 0 saturated carbocycles. The van der Waals surface area contributed by atoms with E-state index in [0.29, 0.717) is 24.4 Å². The van der Waals surface area contributed by atoms with Crippen LogP contribution in [0.25, 0.3) is 0 Å². The topological polar surface area (TPSA) is 101 Å². The predicted octanol–water partition coefficient (Wildman–Crippen LogP) is 0.524. The van der Waals surface area contributed by atoms with Gasteiger partial charge in [0.2, 0.25) is 0 Å². The molecule has 0 aliphatic carbocycles. The summed E-state index contributed by atoms with van der Waals surface area (Å²) in [5.41, 5.74) is 0.833. The first-order valence-electron chi connectivity index (χ1n) is 6.92. The highest BCUT2D eigenvalue weighted by Crippen LogP contribution is 2.34. The van der Waals surface area contributed by atoms with Crippen molar-refractivity contribution in [3.63, 3.8) is 0 Å². The summed E-state index contributed by atoms with van der Waals surface area (Å²) < 4.78 is 25.3. The van der Waals surface area contributed by atoms with Crippen molar-refractivity contribution in [2.24, 2.45) is 7.05 Å². The fourth-order valence-electron chi connectivity index (χ4n) is 2.81. The van der Waals surface area contributed by atoms with Gasteiger partial charge in [-0.3, -0.25) is 14.6 Å². The molecule has 1 unspecified atom stereocenters. The van der Waals surface area contributed by atoms with Gasteiger partial charge < -0.3 is 4.90 Å². The molecular formula is C13H17N5O3S. The Morgan fingerprint density at radius 1 is 1.45 bits per heavy atom. The minimum absolute atomic E-state index is 0.151. The third-order valence-corrected chi connectivity index (χ3v) is 4.94. The molecule has 0 bridgehead atoms. The van der Waals surface area contributed by atoms with E-state index in [2.05, 4.69) is 15.3 Å². The quantitative estimate of drug-likeness (QED) is 0.887. The van der Waals surface area contributed by atoms with Crippen LogP contribution in [-0.2, 0) is 16.9 Å². The fraction of sp³-hybridized carbons (Fsp3) is 0.462. The Kier molecular flexibility index (Phi) is 3.51. The second-order valence-electron chi connectivity index (χ2n) is 5.45. The van der Waals surface area contributed by atoms with E-state index in [0.717, 1.165) is 12.7 Å². The van der Waals surface area contributed by atoms with Crippen LogP contribution in [0.5, 0.6) is 0 Å². The van der Waals surface area contributed by atoms with E-state index in [-0.39, 0.29) is 16.8 Å². The zero-order valence-corrected chi connectivity index (χ0v) is 13.2. The van der Waals surface area contributed by atoms with Crippen molar-refractivity contribution in [1.29, 1.82) is 0 Å². The molecule has 2 aromatic heterocycles. The Balaban J connectivity index is 1.94. The van der Waals surface area contributed by atoms with Crippen LogP contribution in [-0.4, -0.2) is 52.0 Å². The molecule has 118 valence electrons. The second kappa shape index (κ2) is 5.24. The number of aromatic nitrogens is 4. The average molecular weight is 323 g/mol. The van der Waals surface area contributed by atoms with Crippen LogP contribution in [0.4, 0.5) is 0 Å². The van der Waals surface area contributed by atoms with Gasteiger partial charge in [0.05, 0.1) is 17.9 Å². The van der Waals surface area contributed by atoms with Crippen LogP contribution in [0.1, 0.15) is 35.1 Å². The third kappa shape index (κ3) is 2.52. The van der Waals surface area contributed by atoms with Gasteiger partial charge in [0.25, 0.3) is 5.91 Å². The summed E-state index contributed by atoms with van der Waals surface area (Å²) in [7, 11) is -1.64. The molecule has 1 fully saturated rings. The van der Waals surface area contributed by atoms with Crippen LogP contribution < -0.4 is 0 Å². The molecule has 1 saturated heterocycles. The number of aryl methyl sites for hydroxylation is 1. The van der Waals surface area contributed by atoms with Gasteiger partial charge in [-0.1, -0.05) is 0 Å². The largest absolute Gasteiger partial charge is 0.329 e. The molecule has 9 heteroatoms. The molecule has 1 aliphatic heterocycles. The number of amides is 1. The number of hydrogen-bond donors (Lipinski definition) is 1. The Morgan fingerprint density at radius 3 is 2.86 bits per heavy atom. The molecular weight excluding hydrogens is 306 g/mol. The molecule has 22 heavy (non-hydrogen) atoms. The van der Waals surface area contributed by atoms with E-state index in [1.54, 1.807) is 28.9 Å². The SMILES string of the molecule is Cn1ccc(C(=O)N2CCCC2c2[nH]ncc2S(C)(=O)=O)n1. The van der Waals surface area contributed by atoms with Crippen molar-refractivity contribution < 1.29 is 13.2 Å². The number of nitrogens with one attached hydrogen (secondary N) is 1. The van der Waals surface area contributed by atoms with E-state index in [9.17, 15) is 13.2 Å². The fourth-order valence-corrected chi connectivity index (χ4v) is 3.63. The van der Waals surface area contributed by atoms with Crippen molar-refractivity contribution in [1.82, 2.24) is 24.9 Å². The lowest BCUT2D eigenvalue weighted by Gasteiger charge is -2.23. The smallest absolute Gasteiger partial charge is 0.274 e. The average Bonchev–Trinajstić information content (AvgIpc) is 3.16. The summed E-state index contributed by atoms with van der Waals surface area (Å²) in [6.07, 6.45) is 5.65. The highest BCUT2D eigenvalue weighted by atomic mass is 32.2. The molecule has 3 rings (SSSR count). The summed E-state index contributed by atoms with van der Waals surface area (Å²) in [6, 6.07) is 1.34. The third-order valence-electron chi connectivity index (χ3n) is 3.81. The number of rotatable bonds is 3. The lowest BCUT2D eigenvalue weighted by Crippen LogP contribution is -2.31. The van der Waals surface area contributed by atoms with Gasteiger partial charge in [-0.25, -0.2) is 8.42 Å². The molecule has 1 atom stereocenters. The maximum atomic E-state index is 12.6. The van der Waals surface area contributed by atoms with Crippen LogP contribution >= 0.6 is 0 Å². The number of sulfone groups is 1. The van der Waals surface area contributed by atoms with Gasteiger partial charge in [-0.2, -0.15) is 10.2 Å². The highest BCUT2D eigenvalue weighted by molar-refractivity contribution is 7.90. The first kappa shape index (κ1) is 14.8. The summed E-state index contributed by atoms with van der Waals surface area (Å²) in [4.78, 5) is 14.4. The lowest BCUT2D eigenvalue weighted by molar-refractivity contribution is 0.0724. The first-order chi connectivity index (χ1) is 10.4. The number of H-pyrrole nitrogens is 1. The molecule has 1 amide bonds. The number of hydrogen-bond acceptors (Lipinski definition) is 5. The maximum absolute atomic E-state index is 12.6. The van der Waals surface area contributed by atoms with Gasteiger partial charge in [-0.15, -0.1) is 0 Å². The summed E-state index contributed by atoms with van der Waals surface area (Å²) >= 11 is 0. The first-order valence-corrected chi connectivity index (χ1v) is 8.81. The summed E-state index contributed by atoms with van der Waals surface area (Å²) in [6.45, 7) is 0.572. The number of nitrogens with zero attached hydrogens (tertiary/aromatic N) is 4. The van der Waals surface area contributed by atoms with Crippen molar-refractivity contribution in [3.05, 3.63) is 29.8 Å². The van der Waals surface area contributed by atoms with Crippen molar-refractivity contribution >= 4 is 15.7 Å². The van der Waals surface area contributed by atoms with Crippen LogP contribution in [0.3, 0.4) is 0 Å². The molecule has 2 aromatic rings. The minimum atomic E-state index is -3.39. The molecule has 1 aliphatic rings. The number of likely N-dealkylation sites (tertiary alicyclic amines) is 1. The van der Waals surface area contributed by atoms with Crippen molar-refractivity contribution in [2.75, 3.05) is 12.8 Å². The van der Waals surface area contributed by atoms with Crippen LogP contribution in [0, 0.1) is 0 Å². The second-order valence-corrected chi connectivity index (χ2v) is 7.44. The van der Waals surface area contributed by atoms with Gasteiger partial charge in [0.1, 0.15) is 10.6 Å². The molecule has 1 N–H and O–H groups in total. The Hall–Kier alpha value is -2.16. The van der Waals surface area contributed by atoms with E-state index in [4.69, 9.17) is 0 Å². The van der Waals surface area contributed by atoms with Crippen LogP contribution in [0.2, 0.25) is 0 Å². The van der Waals surface area contributed by atoms with Gasteiger partial charge >= 0.3 is 0 Å². The molecule has 0 radical (unpaired) electrons. The molecule has 0 spiro atoms. The number of carbonyl (C=O) groups is 1. The van der Waals surface area contributed by atoms with E-state index < -0.39 is 9.84 Å². The number of aromatic amines is 1. The zero-order chi connectivity index (χ0) is 15.9. The van der Waals surface area contributed by atoms with Crippen molar-refractivity contribution in [2.45, 2.75) is 23.8 Å². The molecule has 8 nitrogen and oxygen atoms in total. The van der Waals surface area contributed by atoms with Gasteiger partial charge in [-0.05, 0) is 18.9 Å². The van der Waals surface area contributed by atoms with E-state index >= 15 is 0 Å². The van der Waals surface area contributed by atoms with E-state index in [1.165, 1.54) is 6.20 Å². The minimum Gasteiger partial charge on any atom is -0.329 e. The van der Waals surface area contributed by atoms with Crippen molar-refractivity contribution in [3.8, 4) is 0 Å². The van der Waals surface area contributed by atoms with Crippen LogP contribution in [0.15, 0.2) is 23.4 Å². The van der Waals surface area contributed by atoms with Gasteiger partial charge in [0.15, 0.2) is 9.84 Å². The Bertz CT molecular complexity index is 807. The zero-order valence-electron chi connectivity index (χ0n) is 12.4. The normalized spacial score (nSPS) is 18.8. The predicted molar refractivity (Wildman–Crippen MR) is 77.9 cm³/mol. The summed E-state index contributed by atoms with van der Waals surface area (Å²) in [5.74, 6) is -0.197. The Morgan fingerprint density at radius 2 is 2.23 bits per heavy atom. The number of carbonyl (C=O) groups excluding carboxylic acids is 1. The monoisotopic (exact) mass is 323 g/mol. The van der Waals surface area contributed by atoms with Gasteiger partial charge in [0, 0.05) is 26.0 Å². The lowest BCUT2D eigenvalue weighted by atomic mass is 10.1. The molecule has 0 aromatic carbocycles. The highest BCUT2D eigenvalue weighted by Gasteiger charge is 2.35.